The van der Waals surface area contributed by atoms with Gasteiger partial charge in [0.15, 0.2) is 0 Å². The molecule has 1 aromatic carbocycles. The van der Waals surface area contributed by atoms with E-state index in [1.165, 1.54) is 5.56 Å². The molecule has 0 aliphatic carbocycles. The summed E-state index contributed by atoms with van der Waals surface area (Å²) in [6.07, 6.45) is 0.312. The molecule has 0 saturated carbocycles. The SMILES string of the molecule is Cc1cccc(OCC2CO2)c1Br. The Kier molecular flexibility index (Phi) is 2.56. The number of benzene rings is 1. The lowest BCUT2D eigenvalue weighted by Crippen LogP contribution is -2.04. The molecule has 2 rings (SSSR count). The summed E-state index contributed by atoms with van der Waals surface area (Å²) in [6.45, 7) is 3.54. The first-order valence-corrected chi connectivity index (χ1v) is 5.06. The van der Waals surface area contributed by atoms with Crippen molar-refractivity contribution in [3.8, 4) is 5.75 Å². The van der Waals surface area contributed by atoms with Crippen LogP contribution in [0.2, 0.25) is 0 Å². The van der Waals surface area contributed by atoms with Crippen molar-refractivity contribution in [3.05, 3.63) is 28.2 Å². The minimum atomic E-state index is 0.312. The van der Waals surface area contributed by atoms with E-state index in [-0.39, 0.29) is 0 Å². The maximum Gasteiger partial charge on any atom is 0.133 e. The summed E-state index contributed by atoms with van der Waals surface area (Å²) in [5, 5.41) is 0. The average Bonchev–Trinajstić information content (AvgIpc) is 2.91. The summed E-state index contributed by atoms with van der Waals surface area (Å²) in [4.78, 5) is 0. The van der Waals surface area contributed by atoms with Gasteiger partial charge in [-0.3, -0.25) is 0 Å². The number of hydrogen-bond acceptors (Lipinski definition) is 2. The first kappa shape index (κ1) is 9.03. The summed E-state index contributed by atoms with van der Waals surface area (Å²) in [5.74, 6) is 0.899. The average molecular weight is 243 g/mol. The lowest BCUT2D eigenvalue weighted by molar-refractivity contribution is 0.261. The number of ether oxygens (including phenoxy) is 2. The third kappa shape index (κ3) is 2.23. The standard InChI is InChI=1S/C10H11BrO2/c1-7-3-2-4-9(10(7)11)13-6-8-5-12-8/h2-4,8H,5-6H2,1H3. The molecule has 1 heterocycles. The molecule has 1 aliphatic heterocycles. The van der Waals surface area contributed by atoms with Gasteiger partial charge in [-0.15, -0.1) is 0 Å². The second-order valence-electron chi connectivity index (χ2n) is 3.15. The molecule has 1 atom stereocenters. The number of halogens is 1. The van der Waals surface area contributed by atoms with E-state index < -0.39 is 0 Å². The molecule has 0 amide bonds. The molecule has 0 bridgehead atoms. The first-order chi connectivity index (χ1) is 6.27. The van der Waals surface area contributed by atoms with E-state index in [2.05, 4.69) is 15.9 Å². The van der Waals surface area contributed by atoms with Crippen molar-refractivity contribution in [3.63, 3.8) is 0 Å². The van der Waals surface area contributed by atoms with Crippen LogP contribution in [-0.2, 0) is 4.74 Å². The highest BCUT2D eigenvalue weighted by molar-refractivity contribution is 9.10. The molecule has 70 valence electrons. The Labute approximate surface area is 86.0 Å². The van der Waals surface area contributed by atoms with Gasteiger partial charge in [0.1, 0.15) is 18.5 Å². The second-order valence-corrected chi connectivity index (χ2v) is 3.95. The van der Waals surface area contributed by atoms with Crippen molar-refractivity contribution in [2.24, 2.45) is 0 Å². The molecular weight excluding hydrogens is 232 g/mol. The molecule has 0 aromatic heterocycles. The minimum Gasteiger partial charge on any atom is -0.490 e. The first-order valence-electron chi connectivity index (χ1n) is 4.27. The summed E-state index contributed by atoms with van der Waals surface area (Å²) in [5.41, 5.74) is 1.19. The highest BCUT2D eigenvalue weighted by atomic mass is 79.9. The molecule has 0 radical (unpaired) electrons. The predicted octanol–water partition coefficient (Wildman–Crippen LogP) is 2.54. The van der Waals surface area contributed by atoms with Gasteiger partial charge in [0.05, 0.1) is 11.1 Å². The van der Waals surface area contributed by atoms with Crippen LogP contribution in [-0.4, -0.2) is 19.3 Å². The van der Waals surface area contributed by atoms with Crippen molar-refractivity contribution < 1.29 is 9.47 Å². The molecule has 1 aromatic rings. The zero-order chi connectivity index (χ0) is 9.26. The van der Waals surface area contributed by atoms with Crippen LogP contribution in [0.15, 0.2) is 22.7 Å². The summed E-state index contributed by atoms with van der Waals surface area (Å²) in [7, 11) is 0. The van der Waals surface area contributed by atoms with Gasteiger partial charge in [0.25, 0.3) is 0 Å². The molecule has 2 nitrogen and oxygen atoms in total. The molecule has 0 N–H and O–H groups in total. The predicted molar refractivity (Wildman–Crippen MR) is 54.1 cm³/mol. The Hall–Kier alpha value is -0.540. The monoisotopic (exact) mass is 242 g/mol. The van der Waals surface area contributed by atoms with E-state index in [0.29, 0.717) is 12.7 Å². The fourth-order valence-electron chi connectivity index (χ4n) is 1.08. The smallest absolute Gasteiger partial charge is 0.133 e. The quantitative estimate of drug-likeness (QED) is 0.761. The molecule has 0 spiro atoms. The van der Waals surface area contributed by atoms with Crippen molar-refractivity contribution in [1.29, 1.82) is 0 Å². The van der Waals surface area contributed by atoms with E-state index in [4.69, 9.17) is 9.47 Å². The number of epoxide rings is 1. The topological polar surface area (TPSA) is 21.8 Å². The third-order valence-corrected chi connectivity index (χ3v) is 3.00. The summed E-state index contributed by atoms with van der Waals surface area (Å²) in [6, 6.07) is 5.99. The Morgan fingerprint density at radius 3 is 3.08 bits per heavy atom. The maximum absolute atomic E-state index is 5.57. The van der Waals surface area contributed by atoms with Crippen LogP contribution in [0, 0.1) is 6.92 Å². The van der Waals surface area contributed by atoms with Gasteiger partial charge in [-0.1, -0.05) is 12.1 Å². The molecule has 1 aliphatic rings. The van der Waals surface area contributed by atoms with E-state index >= 15 is 0 Å². The third-order valence-electron chi connectivity index (χ3n) is 1.98. The molecule has 1 fully saturated rings. The van der Waals surface area contributed by atoms with Gasteiger partial charge in [-0.2, -0.15) is 0 Å². The van der Waals surface area contributed by atoms with E-state index in [1.54, 1.807) is 0 Å². The molecule has 1 unspecified atom stereocenters. The van der Waals surface area contributed by atoms with Crippen LogP contribution in [0.4, 0.5) is 0 Å². The van der Waals surface area contributed by atoms with Gasteiger partial charge in [0.2, 0.25) is 0 Å². The van der Waals surface area contributed by atoms with Crippen molar-refractivity contribution in [2.45, 2.75) is 13.0 Å². The highest BCUT2D eigenvalue weighted by Gasteiger charge is 2.23. The van der Waals surface area contributed by atoms with Crippen molar-refractivity contribution in [1.82, 2.24) is 0 Å². The van der Waals surface area contributed by atoms with Crippen LogP contribution < -0.4 is 4.74 Å². The Bertz CT molecular complexity index is 308. The van der Waals surface area contributed by atoms with Crippen molar-refractivity contribution >= 4 is 15.9 Å². The molecule has 1 saturated heterocycles. The Balaban J connectivity index is 2.05. The van der Waals surface area contributed by atoms with Gasteiger partial charge in [-0.05, 0) is 34.5 Å². The molecule has 13 heavy (non-hydrogen) atoms. The Morgan fingerprint density at radius 2 is 2.38 bits per heavy atom. The Morgan fingerprint density at radius 1 is 1.62 bits per heavy atom. The summed E-state index contributed by atoms with van der Waals surface area (Å²) < 4.78 is 11.7. The number of aryl methyl sites for hydroxylation is 1. The minimum absolute atomic E-state index is 0.312. The fourth-order valence-corrected chi connectivity index (χ4v) is 1.46. The number of rotatable bonds is 3. The second kappa shape index (κ2) is 3.68. The van der Waals surface area contributed by atoms with Gasteiger partial charge in [-0.25, -0.2) is 0 Å². The lowest BCUT2D eigenvalue weighted by atomic mass is 10.2. The lowest BCUT2D eigenvalue weighted by Gasteiger charge is -2.07. The van der Waals surface area contributed by atoms with Crippen LogP contribution in [0.1, 0.15) is 5.56 Å². The van der Waals surface area contributed by atoms with E-state index in [0.717, 1.165) is 16.8 Å². The zero-order valence-electron chi connectivity index (χ0n) is 7.42. The van der Waals surface area contributed by atoms with Crippen LogP contribution in [0.25, 0.3) is 0 Å². The molecule has 3 heteroatoms. The van der Waals surface area contributed by atoms with Gasteiger partial charge in [0, 0.05) is 0 Å². The van der Waals surface area contributed by atoms with Crippen LogP contribution in [0.5, 0.6) is 5.75 Å². The fraction of sp³-hybridized carbons (Fsp3) is 0.400. The number of hydrogen-bond donors (Lipinski definition) is 0. The highest BCUT2D eigenvalue weighted by Crippen LogP contribution is 2.28. The van der Waals surface area contributed by atoms with Gasteiger partial charge >= 0.3 is 0 Å². The van der Waals surface area contributed by atoms with Crippen LogP contribution in [0.3, 0.4) is 0 Å². The van der Waals surface area contributed by atoms with Gasteiger partial charge < -0.3 is 9.47 Å². The van der Waals surface area contributed by atoms with Crippen LogP contribution >= 0.6 is 15.9 Å². The maximum atomic E-state index is 5.57. The summed E-state index contributed by atoms with van der Waals surface area (Å²) >= 11 is 3.48. The largest absolute Gasteiger partial charge is 0.490 e. The zero-order valence-corrected chi connectivity index (χ0v) is 9.00. The van der Waals surface area contributed by atoms with E-state index in [1.807, 2.05) is 25.1 Å². The molecular formula is C10H11BrO2. The van der Waals surface area contributed by atoms with Crippen molar-refractivity contribution in [2.75, 3.05) is 13.2 Å². The van der Waals surface area contributed by atoms with E-state index in [9.17, 15) is 0 Å². The normalized spacial score (nSPS) is 20.0.